The highest BCUT2D eigenvalue weighted by molar-refractivity contribution is 5.52. The van der Waals surface area contributed by atoms with Crippen LogP contribution in [0.4, 0.5) is 11.5 Å². The molecule has 82 valence electrons. The molecule has 1 saturated carbocycles. The van der Waals surface area contributed by atoms with Gasteiger partial charge in [0.05, 0.1) is 0 Å². The summed E-state index contributed by atoms with van der Waals surface area (Å²) in [6.45, 7) is 3.14. The van der Waals surface area contributed by atoms with Gasteiger partial charge in [0.2, 0.25) is 0 Å². The molecule has 0 unspecified atom stereocenters. The Labute approximate surface area is 91.3 Å². The fraction of sp³-hybridized carbons (Fsp3) is 0.583. The van der Waals surface area contributed by atoms with Gasteiger partial charge < -0.3 is 10.6 Å². The van der Waals surface area contributed by atoms with Crippen molar-refractivity contribution in [1.82, 2.24) is 4.98 Å². The lowest BCUT2D eigenvalue weighted by Gasteiger charge is -2.27. The number of hydrogen-bond acceptors (Lipinski definition) is 3. The summed E-state index contributed by atoms with van der Waals surface area (Å²) in [5.74, 6) is 0.973. The Morgan fingerprint density at radius 2 is 2.33 bits per heavy atom. The van der Waals surface area contributed by atoms with E-state index in [-0.39, 0.29) is 0 Å². The Bertz CT molecular complexity index is 307. The van der Waals surface area contributed by atoms with Crippen molar-refractivity contribution in [2.24, 2.45) is 0 Å². The number of rotatable bonds is 5. The predicted molar refractivity (Wildman–Crippen MR) is 64.3 cm³/mol. The van der Waals surface area contributed by atoms with Gasteiger partial charge in [0.1, 0.15) is 5.82 Å². The van der Waals surface area contributed by atoms with Gasteiger partial charge >= 0.3 is 0 Å². The minimum absolute atomic E-state index is 0.687. The molecule has 15 heavy (non-hydrogen) atoms. The SMILES string of the molecule is CCCNc1cc(NC2CCC2)ccn1. The van der Waals surface area contributed by atoms with Crippen molar-refractivity contribution in [2.45, 2.75) is 38.6 Å². The summed E-state index contributed by atoms with van der Waals surface area (Å²) in [4.78, 5) is 4.28. The fourth-order valence-corrected chi connectivity index (χ4v) is 1.66. The largest absolute Gasteiger partial charge is 0.382 e. The molecule has 2 N–H and O–H groups in total. The Balaban J connectivity index is 1.92. The van der Waals surface area contributed by atoms with E-state index in [0.717, 1.165) is 18.8 Å². The van der Waals surface area contributed by atoms with Crippen LogP contribution in [-0.2, 0) is 0 Å². The van der Waals surface area contributed by atoms with E-state index < -0.39 is 0 Å². The van der Waals surface area contributed by atoms with Crippen LogP contribution in [0.5, 0.6) is 0 Å². The van der Waals surface area contributed by atoms with E-state index in [1.165, 1.54) is 24.9 Å². The lowest BCUT2D eigenvalue weighted by Crippen LogP contribution is -2.26. The number of hydrogen-bond donors (Lipinski definition) is 2. The first-order valence-corrected chi connectivity index (χ1v) is 5.85. The molecule has 2 rings (SSSR count). The molecule has 0 saturated heterocycles. The van der Waals surface area contributed by atoms with E-state index in [9.17, 15) is 0 Å². The maximum Gasteiger partial charge on any atom is 0.127 e. The van der Waals surface area contributed by atoms with Crippen LogP contribution in [0.2, 0.25) is 0 Å². The molecule has 3 heteroatoms. The van der Waals surface area contributed by atoms with Crippen molar-refractivity contribution in [3.63, 3.8) is 0 Å². The van der Waals surface area contributed by atoms with Crippen LogP contribution in [0.15, 0.2) is 18.3 Å². The summed E-state index contributed by atoms with van der Waals surface area (Å²) in [6, 6.07) is 4.81. The van der Waals surface area contributed by atoms with Crippen molar-refractivity contribution in [3.8, 4) is 0 Å². The zero-order chi connectivity index (χ0) is 10.5. The number of nitrogens with one attached hydrogen (secondary N) is 2. The summed E-state index contributed by atoms with van der Waals surface area (Å²) in [6.07, 6.45) is 6.96. The van der Waals surface area contributed by atoms with Gasteiger partial charge in [0.15, 0.2) is 0 Å². The highest BCUT2D eigenvalue weighted by atomic mass is 15.0. The maximum atomic E-state index is 4.28. The Hall–Kier alpha value is -1.25. The van der Waals surface area contributed by atoms with Gasteiger partial charge in [-0.1, -0.05) is 6.92 Å². The van der Waals surface area contributed by atoms with E-state index in [1.54, 1.807) is 0 Å². The van der Waals surface area contributed by atoms with Crippen LogP contribution in [0, 0.1) is 0 Å². The van der Waals surface area contributed by atoms with Crippen molar-refractivity contribution < 1.29 is 0 Å². The second kappa shape index (κ2) is 5.01. The molecule has 0 amide bonds. The highest BCUT2D eigenvalue weighted by Gasteiger charge is 2.16. The standard InChI is InChI=1S/C12H19N3/c1-2-7-13-12-9-11(6-8-14-12)15-10-4-3-5-10/h6,8-10H,2-5,7H2,1H3,(H2,13,14,15). The first kappa shape index (κ1) is 10.3. The zero-order valence-electron chi connectivity index (χ0n) is 9.29. The third-order valence-electron chi connectivity index (χ3n) is 2.79. The van der Waals surface area contributed by atoms with Crippen molar-refractivity contribution in [1.29, 1.82) is 0 Å². The molecule has 1 heterocycles. The van der Waals surface area contributed by atoms with Crippen molar-refractivity contribution >= 4 is 11.5 Å². The molecule has 1 aromatic heterocycles. The first-order chi connectivity index (χ1) is 7.38. The molecule has 3 nitrogen and oxygen atoms in total. The highest BCUT2D eigenvalue weighted by Crippen LogP contribution is 2.23. The normalized spacial score (nSPS) is 15.8. The van der Waals surface area contributed by atoms with Gasteiger partial charge in [-0.05, 0) is 31.7 Å². The van der Waals surface area contributed by atoms with Gasteiger partial charge in [-0.3, -0.25) is 0 Å². The molecule has 1 aromatic rings. The Kier molecular flexibility index (Phi) is 3.43. The lowest BCUT2D eigenvalue weighted by atomic mass is 9.93. The van der Waals surface area contributed by atoms with Crippen LogP contribution in [0.25, 0.3) is 0 Å². The van der Waals surface area contributed by atoms with Gasteiger partial charge in [-0.2, -0.15) is 0 Å². The predicted octanol–water partition coefficient (Wildman–Crippen LogP) is 2.87. The van der Waals surface area contributed by atoms with Crippen LogP contribution in [-0.4, -0.2) is 17.6 Å². The number of anilines is 2. The van der Waals surface area contributed by atoms with Crippen LogP contribution in [0.3, 0.4) is 0 Å². The van der Waals surface area contributed by atoms with Crippen molar-refractivity contribution in [3.05, 3.63) is 18.3 Å². The average molecular weight is 205 g/mol. The summed E-state index contributed by atoms with van der Waals surface area (Å²) >= 11 is 0. The van der Waals surface area contributed by atoms with Gasteiger partial charge in [0, 0.05) is 30.5 Å². The molecule has 0 aliphatic heterocycles. The summed E-state index contributed by atoms with van der Waals surface area (Å²) in [5.41, 5.74) is 1.19. The van der Waals surface area contributed by atoms with Crippen LogP contribution >= 0.6 is 0 Å². The second-order valence-electron chi connectivity index (χ2n) is 4.13. The van der Waals surface area contributed by atoms with E-state index in [4.69, 9.17) is 0 Å². The minimum Gasteiger partial charge on any atom is -0.382 e. The molecule has 0 atom stereocenters. The number of pyridine rings is 1. The third kappa shape index (κ3) is 2.85. The molecule has 0 spiro atoms. The minimum atomic E-state index is 0.687. The quantitative estimate of drug-likeness (QED) is 0.776. The van der Waals surface area contributed by atoms with Crippen LogP contribution in [0.1, 0.15) is 32.6 Å². The summed E-state index contributed by atoms with van der Waals surface area (Å²) in [7, 11) is 0. The van der Waals surface area contributed by atoms with Gasteiger partial charge in [0.25, 0.3) is 0 Å². The zero-order valence-corrected chi connectivity index (χ0v) is 9.29. The van der Waals surface area contributed by atoms with E-state index in [0.29, 0.717) is 6.04 Å². The van der Waals surface area contributed by atoms with E-state index in [2.05, 4.69) is 28.6 Å². The Morgan fingerprint density at radius 3 is 3.00 bits per heavy atom. The molecular weight excluding hydrogens is 186 g/mol. The van der Waals surface area contributed by atoms with Gasteiger partial charge in [-0.25, -0.2) is 4.98 Å². The van der Waals surface area contributed by atoms with E-state index >= 15 is 0 Å². The molecule has 1 fully saturated rings. The van der Waals surface area contributed by atoms with E-state index in [1.807, 2.05) is 12.3 Å². The Morgan fingerprint density at radius 1 is 1.47 bits per heavy atom. The molecule has 0 bridgehead atoms. The summed E-state index contributed by atoms with van der Waals surface area (Å²) in [5, 5.41) is 6.81. The molecule has 0 radical (unpaired) electrons. The molecule has 1 aliphatic rings. The van der Waals surface area contributed by atoms with Crippen LogP contribution < -0.4 is 10.6 Å². The molecule has 0 aromatic carbocycles. The number of nitrogens with zero attached hydrogens (tertiary/aromatic N) is 1. The van der Waals surface area contributed by atoms with Gasteiger partial charge in [-0.15, -0.1) is 0 Å². The molecular formula is C12H19N3. The topological polar surface area (TPSA) is 37.0 Å². The monoisotopic (exact) mass is 205 g/mol. The molecule has 1 aliphatic carbocycles. The second-order valence-corrected chi connectivity index (χ2v) is 4.13. The average Bonchev–Trinajstić information content (AvgIpc) is 2.21. The first-order valence-electron chi connectivity index (χ1n) is 5.85. The van der Waals surface area contributed by atoms with Crippen molar-refractivity contribution in [2.75, 3.05) is 17.2 Å². The number of aromatic nitrogens is 1. The maximum absolute atomic E-state index is 4.28. The smallest absolute Gasteiger partial charge is 0.127 e. The summed E-state index contributed by atoms with van der Waals surface area (Å²) < 4.78 is 0. The third-order valence-corrected chi connectivity index (χ3v) is 2.79. The fourth-order valence-electron chi connectivity index (χ4n) is 1.66. The lowest BCUT2D eigenvalue weighted by molar-refractivity contribution is 0.445.